The fourth-order valence-electron chi connectivity index (χ4n) is 2.64. The molecule has 27 heavy (non-hydrogen) atoms. The predicted octanol–water partition coefficient (Wildman–Crippen LogP) is 1.61. The van der Waals surface area contributed by atoms with Crippen molar-refractivity contribution >= 4 is 16.9 Å². The lowest BCUT2D eigenvalue weighted by Crippen LogP contribution is -2.33. The van der Waals surface area contributed by atoms with Gasteiger partial charge in [-0.1, -0.05) is 12.1 Å². The van der Waals surface area contributed by atoms with Gasteiger partial charge < -0.3 is 10.1 Å². The Bertz CT molecular complexity index is 1010. The van der Waals surface area contributed by atoms with Crippen LogP contribution in [0, 0.1) is 0 Å². The van der Waals surface area contributed by atoms with Crippen LogP contribution < -0.4 is 15.6 Å². The maximum Gasteiger partial charge on any atom is 0.387 e. The van der Waals surface area contributed by atoms with Crippen molar-refractivity contribution in [1.82, 2.24) is 24.6 Å². The minimum atomic E-state index is -2.89. The molecule has 1 atom stereocenters. The van der Waals surface area contributed by atoms with Crippen molar-refractivity contribution in [3.8, 4) is 5.75 Å². The van der Waals surface area contributed by atoms with Crippen molar-refractivity contribution in [3.63, 3.8) is 0 Å². The molecule has 0 bridgehead atoms. The minimum absolute atomic E-state index is 0.0367. The number of amides is 1. The fourth-order valence-corrected chi connectivity index (χ4v) is 2.64. The van der Waals surface area contributed by atoms with Crippen molar-refractivity contribution in [2.24, 2.45) is 7.05 Å². The highest BCUT2D eigenvalue weighted by molar-refractivity contribution is 5.77. The first kappa shape index (κ1) is 18.5. The van der Waals surface area contributed by atoms with Gasteiger partial charge in [-0.3, -0.25) is 18.8 Å². The number of halogens is 2. The van der Waals surface area contributed by atoms with Gasteiger partial charge in [-0.15, -0.1) is 0 Å². The quantitative estimate of drug-likeness (QED) is 0.705. The molecule has 0 aliphatic rings. The number of benzene rings is 1. The highest BCUT2D eigenvalue weighted by Crippen LogP contribution is 2.19. The summed E-state index contributed by atoms with van der Waals surface area (Å²) < 4.78 is 31.3. The lowest BCUT2D eigenvalue weighted by Gasteiger charge is -2.15. The molecule has 1 aromatic carbocycles. The second kappa shape index (κ2) is 7.52. The topological polar surface area (TPSA) is 91.0 Å². The van der Waals surface area contributed by atoms with Gasteiger partial charge in [0.25, 0.3) is 5.56 Å². The van der Waals surface area contributed by atoms with Gasteiger partial charge in [0.05, 0.1) is 12.2 Å². The normalized spacial score (nSPS) is 12.3. The number of alkyl halides is 2. The first-order valence-corrected chi connectivity index (χ1v) is 8.06. The van der Waals surface area contributed by atoms with Gasteiger partial charge in [0.2, 0.25) is 5.91 Å². The summed E-state index contributed by atoms with van der Waals surface area (Å²) in [6, 6.07) is 5.57. The van der Waals surface area contributed by atoms with Gasteiger partial charge in [-0.25, -0.2) is 4.98 Å². The zero-order valence-corrected chi connectivity index (χ0v) is 14.6. The third kappa shape index (κ3) is 4.10. The van der Waals surface area contributed by atoms with Gasteiger partial charge in [-0.05, 0) is 24.6 Å². The summed E-state index contributed by atoms with van der Waals surface area (Å²) in [5, 5.41) is 7.05. The molecule has 0 saturated carbocycles. The molecule has 1 N–H and O–H groups in total. The Morgan fingerprint density at radius 1 is 1.30 bits per heavy atom. The van der Waals surface area contributed by atoms with E-state index in [1.165, 1.54) is 33.9 Å². The zero-order valence-electron chi connectivity index (χ0n) is 14.6. The number of ether oxygens (including phenoxy) is 1. The average Bonchev–Trinajstić information content (AvgIpc) is 2.99. The number of fused-ring (bicyclic) bond motifs is 1. The lowest BCUT2D eigenvalue weighted by atomic mass is 10.1. The third-order valence-corrected chi connectivity index (χ3v) is 4.01. The first-order valence-electron chi connectivity index (χ1n) is 8.06. The molecule has 10 heteroatoms. The highest BCUT2D eigenvalue weighted by Gasteiger charge is 2.14. The average molecular weight is 377 g/mol. The van der Waals surface area contributed by atoms with E-state index >= 15 is 0 Å². The monoisotopic (exact) mass is 377 g/mol. The summed E-state index contributed by atoms with van der Waals surface area (Å²) in [6.07, 6.45) is 2.71. The van der Waals surface area contributed by atoms with Crippen molar-refractivity contribution in [2.45, 2.75) is 26.1 Å². The summed E-state index contributed by atoms with van der Waals surface area (Å²) in [4.78, 5) is 28.8. The van der Waals surface area contributed by atoms with E-state index in [0.29, 0.717) is 16.6 Å². The van der Waals surface area contributed by atoms with Crippen LogP contribution in [-0.4, -0.2) is 31.9 Å². The lowest BCUT2D eigenvalue weighted by molar-refractivity contribution is -0.122. The number of aryl methyl sites for hydroxylation is 1. The van der Waals surface area contributed by atoms with E-state index in [1.54, 1.807) is 26.1 Å². The molecule has 2 heterocycles. The van der Waals surface area contributed by atoms with E-state index in [2.05, 4.69) is 20.1 Å². The molecule has 142 valence electrons. The number of carbonyl (C=O) groups excluding carboxylic acids is 1. The smallest absolute Gasteiger partial charge is 0.387 e. The predicted molar refractivity (Wildman–Crippen MR) is 92.4 cm³/mol. The van der Waals surface area contributed by atoms with Crippen molar-refractivity contribution < 1.29 is 18.3 Å². The molecule has 3 aromatic rings. The molecule has 1 unspecified atom stereocenters. The summed E-state index contributed by atoms with van der Waals surface area (Å²) in [6.45, 7) is -1.35. The van der Waals surface area contributed by atoms with Crippen LogP contribution in [0.25, 0.3) is 11.0 Å². The molecular formula is C17H17F2N5O3. The number of carbonyl (C=O) groups is 1. The van der Waals surface area contributed by atoms with Crippen LogP contribution in [0.1, 0.15) is 18.5 Å². The second-order valence-corrected chi connectivity index (χ2v) is 5.92. The van der Waals surface area contributed by atoms with Crippen LogP contribution in [0.15, 0.2) is 41.6 Å². The number of hydrogen-bond donors (Lipinski definition) is 1. The fraction of sp³-hybridized carbons (Fsp3) is 0.294. The Morgan fingerprint density at radius 2 is 2.00 bits per heavy atom. The summed E-state index contributed by atoms with van der Waals surface area (Å²) in [5.41, 5.74) is 0.790. The van der Waals surface area contributed by atoms with Crippen molar-refractivity contribution in [3.05, 3.63) is 52.7 Å². The van der Waals surface area contributed by atoms with Gasteiger partial charge in [0, 0.05) is 7.05 Å². The van der Waals surface area contributed by atoms with Gasteiger partial charge in [0.1, 0.15) is 24.0 Å². The van der Waals surface area contributed by atoms with Crippen molar-refractivity contribution in [1.29, 1.82) is 0 Å². The van der Waals surface area contributed by atoms with Crippen molar-refractivity contribution in [2.75, 3.05) is 0 Å². The van der Waals surface area contributed by atoms with Crippen LogP contribution in [0.5, 0.6) is 5.75 Å². The molecule has 8 nitrogen and oxygen atoms in total. The van der Waals surface area contributed by atoms with E-state index in [9.17, 15) is 18.4 Å². The minimum Gasteiger partial charge on any atom is -0.435 e. The van der Waals surface area contributed by atoms with Crippen LogP contribution >= 0.6 is 0 Å². The van der Waals surface area contributed by atoms with Gasteiger partial charge in [-0.2, -0.15) is 13.9 Å². The van der Waals surface area contributed by atoms with Gasteiger partial charge >= 0.3 is 6.61 Å². The van der Waals surface area contributed by atoms with E-state index < -0.39 is 6.61 Å². The Labute approximate surface area is 152 Å². The number of nitrogens with one attached hydrogen (secondary N) is 1. The van der Waals surface area contributed by atoms with Gasteiger partial charge in [0.15, 0.2) is 5.65 Å². The van der Waals surface area contributed by atoms with Crippen LogP contribution in [-0.2, 0) is 18.4 Å². The molecule has 0 aliphatic heterocycles. The third-order valence-electron chi connectivity index (χ3n) is 4.01. The molecule has 0 spiro atoms. The van der Waals surface area contributed by atoms with E-state index in [4.69, 9.17) is 0 Å². The SMILES string of the molecule is CC(NC(=O)Cn1cnc2c(cnn2C)c1=O)c1ccc(OC(F)F)cc1. The maximum atomic E-state index is 12.4. The molecule has 0 saturated heterocycles. The highest BCUT2D eigenvalue weighted by atomic mass is 19.3. The molecular weight excluding hydrogens is 360 g/mol. The molecule has 0 fully saturated rings. The summed E-state index contributed by atoms with van der Waals surface area (Å²) in [7, 11) is 1.67. The zero-order chi connectivity index (χ0) is 19.6. The Morgan fingerprint density at radius 3 is 2.67 bits per heavy atom. The summed E-state index contributed by atoms with van der Waals surface area (Å²) in [5.74, 6) is -0.350. The van der Waals surface area contributed by atoms with Crippen LogP contribution in [0.4, 0.5) is 8.78 Å². The van der Waals surface area contributed by atoms with E-state index in [1.807, 2.05) is 0 Å². The number of nitrogens with zero attached hydrogens (tertiary/aromatic N) is 4. The number of rotatable bonds is 6. The van der Waals surface area contributed by atoms with E-state index in [-0.39, 0.29) is 29.8 Å². The number of aromatic nitrogens is 4. The summed E-state index contributed by atoms with van der Waals surface area (Å²) >= 11 is 0. The maximum absolute atomic E-state index is 12.4. The standard InChI is InChI=1S/C17H17F2N5O3/c1-10(11-3-5-12(6-4-11)27-17(18)19)22-14(25)8-24-9-20-15-13(16(24)26)7-21-23(15)2/h3-7,9-10,17H,8H2,1-2H3,(H,22,25). The molecule has 1 amide bonds. The molecule has 0 aliphatic carbocycles. The largest absolute Gasteiger partial charge is 0.435 e. The Kier molecular flexibility index (Phi) is 5.15. The Balaban J connectivity index is 1.67. The molecule has 0 radical (unpaired) electrons. The second-order valence-electron chi connectivity index (χ2n) is 5.92. The van der Waals surface area contributed by atoms with Crippen LogP contribution in [0.2, 0.25) is 0 Å². The molecule has 3 rings (SSSR count). The molecule has 2 aromatic heterocycles. The van der Waals surface area contributed by atoms with Crippen LogP contribution in [0.3, 0.4) is 0 Å². The first-order chi connectivity index (χ1) is 12.8. The number of hydrogen-bond acceptors (Lipinski definition) is 5. The van der Waals surface area contributed by atoms with E-state index in [0.717, 1.165) is 0 Å². The Hall–Kier alpha value is -3.30.